The summed E-state index contributed by atoms with van der Waals surface area (Å²) in [5.74, 6) is -0.155. The molecule has 0 aliphatic carbocycles. The summed E-state index contributed by atoms with van der Waals surface area (Å²) in [7, 11) is 0. The van der Waals surface area contributed by atoms with Crippen LogP contribution in [0.1, 0.15) is 25.0 Å². The second kappa shape index (κ2) is 6.86. The highest BCUT2D eigenvalue weighted by molar-refractivity contribution is 9.10. The van der Waals surface area contributed by atoms with Gasteiger partial charge < -0.3 is 10.5 Å². The van der Waals surface area contributed by atoms with E-state index in [1.165, 1.54) is 6.07 Å². The Kier molecular flexibility index (Phi) is 5.15. The minimum absolute atomic E-state index is 0.205. The zero-order valence-electron chi connectivity index (χ0n) is 11.2. The molecule has 0 fully saturated rings. The molecule has 0 spiro atoms. The smallest absolute Gasteiger partial charge is 0.165 e. The number of rotatable bonds is 5. The van der Waals surface area contributed by atoms with E-state index in [2.05, 4.69) is 15.9 Å². The highest BCUT2D eigenvalue weighted by Crippen LogP contribution is 2.28. The normalized spacial score (nSPS) is 13.8. The van der Waals surface area contributed by atoms with Crippen molar-refractivity contribution in [2.75, 3.05) is 0 Å². The highest BCUT2D eigenvalue weighted by Gasteiger charge is 2.22. The van der Waals surface area contributed by atoms with E-state index in [1.807, 2.05) is 31.2 Å². The van der Waals surface area contributed by atoms with Crippen molar-refractivity contribution in [2.45, 2.75) is 25.5 Å². The van der Waals surface area contributed by atoms with Gasteiger partial charge in [-0.15, -0.1) is 0 Å². The Bertz CT molecular complexity index is 576. The molecule has 2 unspecified atom stereocenters. The maximum Gasteiger partial charge on any atom is 0.165 e. The van der Waals surface area contributed by atoms with Crippen LogP contribution >= 0.6 is 15.9 Å². The van der Waals surface area contributed by atoms with E-state index < -0.39 is 0 Å². The maximum absolute atomic E-state index is 13.7. The van der Waals surface area contributed by atoms with E-state index in [9.17, 15) is 4.39 Å². The minimum Gasteiger partial charge on any atom is -0.481 e. The van der Waals surface area contributed by atoms with Crippen molar-refractivity contribution in [3.63, 3.8) is 0 Å². The van der Waals surface area contributed by atoms with Crippen LogP contribution < -0.4 is 10.5 Å². The SMILES string of the molecule is CCC(N)C(Oc1ccccc1F)c1cccc(Br)c1. The van der Waals surface area contributed by atoms with E-state index in [-0.39, 0.29) is 23.7 Å². The van der Waals surface area contributed by atoms with E-state index in [1.54, 1.807) is 18.2 Å². The highest BCUT2D eigenvalue weighted by atomic mass is 79.9. The van der Waals surface area contributed by atoms with Gasteiger partial charge in [-0.1, -0.05) is 47.1 Å². The first kappa shape index (κ1) is 15.0. The predicted molar refractivity (Wildman–Crippen MR) is 82.2 cm³/mol. The molecule has 2 nitrogen and oxygen atoms in total. The van der Waals surface area contributed by atoms with Crippen molar-refractivity contribution >= 4 is 15.9 Å². The first-order chi connectivity index (χ1) is 9.61. The molecule has 0 aliphatic heterocycles. The van der Waals surface area contributed by atoms with Gasteiger partial charge in [0, 0.05) is 10.5 Å². The zero-order valence-corrected chi connectivity index (χ0v) is 12.8. The summed E-state index contributed by atoms with van der Waals surface area (Å²) >= 11 is 3.43. The van der Waals surface area contributed by atoms with Gasteiger partial charge in [-0.05, 0) is 36.2 Å². The monoisotopic (exact) mass is 337 g/mol. The number of para-hydroxylation sites is 1. The van der Waals surface area contributed by atoms with Gasteiger partial charge in [0.15, 0.2) is 11.6 Å². The van der Waals surface area contributed by atoms with Crippen molar-refractivity contribution in [1.82, 2.24) is 0 Å². The lowest BCUT2D eigenvalue weighted by molar-refractivity contribution is 0.163. The van der Waals surface area contributed by atoms with Crippen LogP contribution in [0.3, 0.4) is 0 Å². The molecule has 106 valence electrons. The predicted octanol–water partition coefficient (Wildman–Crippen LogP) is 4.45. The fraction of sp³-hybridized carbons (Fsp3) is 0.250. The van der Waals surface area contributed by atoms with Crippen LogP contribution in [0.15, 0.2) is 53.0 Å². The fourth-order valence-corrected chi connectivity index (χ4v) is 2.39. The quantitative estimate of drug-likeness (QED) is 0.874. The second-order valence-electron chi connectivity index (χ2n) is 4.60. The number of nitrogens with two attached hydrogens (primary N) is 1. The Labute approximate surface area is 126 Å². The molecule has 2 aromatic rings. The van der Waals surface area contributed by atoms with Crippen molar-refractivity contribution in [3.05, 3.63) is 64.4 Å². The Morgan fingerprint density at radius 1 is 1.20 bits per heavy atom. The van der Waals surface area contributed by atoms with Crippen LogP contribution in [0.4, 0.5) is 4.39 Å². The number of benzene rings is 2. The maximum atomic E-state index is 13.7. The lowest BCUT2D eigenvalue weighted by Gasteiger charge is -2.25. The summed E-state index contributed by atoms with van der Waals surface area (Å²) in [5.41, 5.74) is 7.06. The van der Waals surface area contributed by atoms with E-state index in [4.69, 9.17) is 10.5 Å². The van der Waals surface area contributed by atoms with Crippen LogP contribution in [0, 0.1) is 5.82 Å². The third-order valence-electron chi connectivity index (χ3n) is 3.13. The van der Waals surface area contributed by atoms with Crippen LogP contribution in [0.25, 0.3) is 0 Å². The summed E-state index contributed by atoms with van der Waals surface area (Å²) in [6, 6.07) is 13.9. The van der Waals surface area contributed by atoms with Crippen molar-refractivity contribution < 1.29 is 9.13 Å². The molecule has 2 N–H and O–H groups in total. The molecule has 0 saturated carbocycles. The first-order valence-electron chi connectivity index (χ1n) is 6.54. The fourth-order valence-electron chi connectivity index (χ4n) is 1.98. The topological polar surface area (TPSA) is 35.2 Å². The average molecular weight is 338 g/mol. The molecule has 0 amide bonds. The Balaban J connectivity index is 2.31. The van der Waals surface area contributed by atoms with Crippen molar-refractivity contribution in [2.24, 2.45) is 5.73 Å². The number of ether oxygens (including phenoxy) is 1. The van der Waals surface area contributed by atoms with Crippen LogP contribution in [0.2, 0.25) is 0 Å². The summed E-state index contributed by atoms with van der Waals surface area (Å²) in [6.45, 7) is 1.99. The lowest BCUT2D eigenvalue weighted by Crippen LogP contribution is -2.31. The molecule has 0 saturated heterocycles. The molecule has 4 heteroatoms. The van der Waals surface area contributed by atoms with Gasteiger partial charge in [-0.25, -0.2) is 4.39 Å². The van der Waals surface area contributed by atoms with Gasteiger partial charge in [0.05, 0.1) is 0 Å². The summed E-state index contributed by atoms with van der Waals surface area (Å²) in [5, 5.41) is 0. The Hall–Kier alpha value is -1.39. The second-order valence-corrected chi connectivity index (χ2v) is 5.51. The molecular formula is C16H17BrFNO. The molecular weight excluding hydrogens is 321 g/mol. The molecule has 0 bridgehead atoms. The van der Waals surface area contributed by atoms with Gasteiger partial charge >= 0.3 is 0 Å². The van der Waals surface area contributed by atoms with Gasteiger partial charge in [0.25, 0.3) is 0 Å². The van der Waals surface area contributed by atoms with Gasteiger partial charge in [0.2, 0.25) is 0 Å². The van der Waals surface area contributed by atoms with Gasteiger partial charge in [-0.3, -0.25) is 0 Å². The molecule has 20 heavy (non-hydrogen) atoms. The molecule has 0 heterocycles. The van der Waals surface area contributed by atoms with E-state index in [0.29, 0.717) is 0 Å². The van der Waals surface area contributed by atoms with Crippen LogP contribution in [-0.2, 0) is 0 Å². The zero-order chi connectivity index (χ0) is 14.5. The van der Waals surface area contributed by atoms with Crippen molar-refractivity contribution in [1.29, 1.82) is 0 Å². The third-order valence-corrected chi connectivity index (χ3v) is 3.62. The number of hydrogen-bond acceptors (Lipinski definition) is 2. The number of hydrogen-bond donors (Lipinski definition) is 1. The van der Waals surface area contributed by atoms with Gasteiger partial charge in [0.1, 0.15) is 6.10 Å². The molecule has 0 aromatic heterocycles. The van der Waals surface area contributed by atoms with Gasteiger partial charge in [-0.2, -0.15) is 0 Å². The largest absolute Gasteiger partial charge is 0.481 e. The van der Waals surface area contributed by atoms with Crippen LogP contribution in [-0.4, -0.2) is 6.04 Å². The minimum atomic E-state index is -0.380. The molecule has 2 aromatic carbocycles. The molecule has 0 aliphatic rings. The van der Waals surface area contributed by atoms with E-state index >= 15 is 0 Å². The number of halogens is 2. The van der Waals surface area contributed by atoms with Crippen molar-refractivity contribution in [3.8, 4) is 5.75 Å². The third kappa shape index (κ3) is 3.58. The average Bonchev–Trinajstić information content (AvgIpc) is 2.45. The molecule has 2 rings (SSSR count). The Morgan fingerprint density at radius 3 is 2.60 bits per heavy atom. The summed E-state index contributed by atoms with van der Waals surface area (Å²) < 4.78 is 20.5. The molecule has 0 radical (unpaired) electrons. The summed E-state index contributed by atoms with van der Waals surface area (Å²) in [4.78, 5) is 0. The summed E-state index contributed by atoms with van der Waals surface area (Å²) in [6.07, 6.45) is 0.362. The lowest BCUT2D eigenvalue weighted by atomic mass is 10.0. The van der Waals surface area contributed by atoms with Crippen LogP contribution in [0.5, 0.6) is 5.75 Å². The molecule has 2 atom stereocenters. The first-order valence-corrected chi connectivity index (χ1v) is 7.33. The van der Waals surface area contributed by atoms with E-state index in [0.717, 1.165) is 16.5 Å². The standard InChI is InChI=1S/C16H17BrFNO/c1-2-14(19)16(11-6-5-7-12(17)10-11)20-15-9-4-3-8-13(15)18/h3-10,14,16H,2,19H2,1H3. The Morgan fingerprint density at radius 2 is 1.95 bits per heavy atom.